The van der Waals surface area contributed by atoms with E-state index in [1.165, 1.54) is 12.8 Å². The van der Waals surface area contributed by atoms with Crippen LogP contribution in [-0.2, 0) is 9.53 Å². The molecule has 0 spiro atoms. The van der Waals surface area contributed by atoms with Crippen LogP contribution in [-0.4, -0.2) is 51.3 Å². The zero-order valence-electron chi connectivity index (χ0n) is 13.7. The molecule has 1 aromatic carbocycles. The average Bonchev–Trinajstić information content (AvgIpc) is 3.25. The molecule has 0 atom stereocenters. The summed E-state index contributed by atoms with van der Waals surface area (Å²) in [6.45, 7) is 4.20. The van der Waals surface area contributed by atoms with Crippen LogP contribution in [0.1, 0.15) is 18.4 Å². The Balaban J connectivity index is 1.85. The van der Waals surface area contributed by atoms with E-state index in [-0.39, 0.29) is 12.5 Å². The van der Waals surface area contributed by atoms with Gasteiger partial charge in [0, 0.05) is 6.54 Å². The number of likely N-dealkylation sites (N-methyl/N-ethyl adjacent to an activating group) is 1. The third-order valence-electron chi connectivity index (χ3n) is 3.49. The van der Waals surface area contributed by atoms with Crippen LogP contribution in [0.4, 0.5) is 5.69 Å². The first-order chi connectivity index (χ1) is 10.5. The minimum absolute atomic E-state index is 0.0987. The van der Waals surface area contributed by atoms with Gasteiger partial charge in [-0.25, -0.2) is 0 Å². The van der Waals surface area contributed by atoms with Crippen molar-refractivity contribution in [3.8, 4) is 5.75 Å². The van der Waals surface area contributed by atoms with E-state index < -0.39 is 0 Å². The van der Waals surface area contributed by atoms with Crippen molar-refractivity contribution in [2.45, 2.75) is 19.8 Å². The first-order valence-electron chi connectivity index (χ1n) is 7.80. The van der Waals surface area contributed by atoms with E-state index in [0.29, 0.717) is 30.6 Å². The number of hydrogen-bond donors (Lipinski definition) is 1. The van der Waals surface area contributed by atoms with Gasteiger partial charge in [0.25, 0.3) is 0 Å². The molecule has 1 amide bonds. The first-order valence-corrected chi connectivity index (χ1v) is 7.80. The van der Waals surface area contributed by atoms with Crippen molar-refractivity contribution in [2.24, 2.45) is 5.92 Å². The lowest BCUT2D eigenvalue weighted by Gasteiger charge is -2.15. The van der Waals surface area contributed by atoms with Crippen molar-refractivity contribution in [2.75, 3.05) is 45.8 Å². The number of amides is 1. The van der Waals surface area contributed by atoms with Crippen LogP contribution in [0.3, 0.4) is 0 Å². The second kappa shape index (κ2) is 8.15. The number of ether oxygens (including phenoxy) is 2. The van der Waals surface area contributed by atoms with E-state index in [2.05, 4.69) is 10.2 Å². The molecule has 1 aliphatic rings. The second-order valence-electron chi connectivity index (χ2n) is 6.16. The lowest BCUT2D eigenvalue weighted by Crippen LogP contribution is -2.21. The van der Waals surface area contributed by atoms with Crippen LogP contribution in [0, 0.1) is 12.8 Å². The predicted octanol–water partition coefficient (Wildman–Crippen LogP) is 2.30. The Morgan fingerprint density at radius 1 is 1.36 bits per heavy atom. The van der Waals surface area contributed by atoms with Gasteiger partial charge in [-0.1, -0.05) is 6.07 Å². The van der Waals surface area contributed by atoms with E-state index in [1.54, 1.807) is 0 Å². The van der Waals surface area contributed by atoms with Crippen LogP contribution < -0.4 is 10.1 Å². The molecule has 122 valence electrons. The van der Waals surface area contributed by atoms with Crippen molar-refractivity contribution in [3.05, 3.63) is 23.8 Å². The molecule has 1 N–H and O–H groups in total. The Labute approximate surface area is 132 Å². The lowest BCUT2D eigenvalue weighted by molar-refractivity contribution is -0.120. The summed E-state index contributed by atoms with van der Waals surface area (Å²) in [4.78, 5) is 14.0. The first kappa shape index (κ1) is 16.8. The molecule has 0 unspecified atom stereocenters. The van der Waals surface area contributed by atoms with Gasteiger partial charge in [-0.3, -0.25) is 4.79 Å². The van der Waals surface area contributed by atoms with Gasteiger partial charge in [-0.15, -0.1) is 0 Å². The van der Waals surface area contributed by atoms with Crippen molar-refractivity contribution < 1.29 is 14.3 Å². The molecule has 2 rings (SSSR count). The van der Waals surface area contributed by atoms with Crippen LogP contribution >= 0.6 is 0 Å². The van der Waals surface area contributed by atoms with Gasteiger partial charge in [0.2, 0.25) is 5.91 Å². The maximum Gasteiger partial charge on any atom is 0.250 e. The highest BCUT2D eigenvalue weighted by Gasteiger charge is 2.21. The highest BCUT2D eigenvalue weighted by molar-refractivity contribution is 5.93. The van der Waals surface area contributed by atoms with Gasteiger partial charge in [0.1, 0.15) is 19.0 Å². The number of benzene rings is 1. The van der Waals surface area contributed by atoms with Crippen LogP contribution in [0.15, 0.2) is 18.2 Å². The highest BCUT2D eigenvalue weighted by atomic mass is 16.5. The number of nitrogens with zero attached hydrogens (tertiary/aromatic N) is 1. The van der Waals surface area contributed by atoms with Crippen molar-refractivity contribution in [1.29, 1.82) is 0 Å². The molecule has 1 aliphatic carbocycles. The number of carbonyl (C=O) groups is 1. The van der Waals surface area contributed by atoms with E-state index in [0.717, 1.165) is 12.1 Å². The summed E-state index contributed by atoms with van der Waals surface area (Å²) in [6.07, 6.45) is 2.45. The fraction of sp³-hybridized carbons (Fsp3) is 0.588. The summed E-state index contributed by atoms with van der Waals surface area (Å²) in [6, 6.07) is 5.77. The summed E-state index contributed by atoms with van der Waals surface area (Å²) in [5.74, 6) is 1.23. The van der Waals surface area contributed by atoms with E-state index in [9.17, 15) is 4.79 Å². The normalized spacial score (nSPS) is 14.2. The Hall–Kier alpha value is -1.59. The Kier molecular flexibility index (Phi) is 6.21. The molecule has 0 bridgehead atoms. The molecule has 5 heteroatoms. The maximum absolute atomic E-state index is 11.9. The standard InChI is InChI=1S/C17H26N2O3/c1-13-4-7-15(16(10-13)22-9-8-19(2)3)18-17(20)12-21-11-14-5-6-14/h4,7,10,14H,5-6,8-9,11-12H2,1-3H3,(H,18,20). The Morgan fingerprint density at radius 2 is 2.14 bits per heavy atom. The molecule has 0 heterocycles. The van der Waals surface area contributed by atoms with Crippen LogP contribution in [0.5, 0.6) is 5.75 Å². The third kappa shape index (κ3) is 6.03. The third-order valence-corrected chi connectivity index (χ3v) is 3.49. The number of nitrogens with one attached hydrogen (secondary N) is 1. The van der Waals surface area contributed by atoms with Gasteiger partial charge in [0.05, 0.1) is 12.3 Å². The van der Waals surface area contributed by atoms with Gasteiger partial charge in [-0.2, -0.15) is 0 Å². The molecule has 22 heavy (non-hydrogen) atoms. The highest BCUT2D eigenvalue weighted by Crippen LogP contribution is 2.29. The molecule has 5 nitrogen and oxygen atoms in total. The molecule has 0 saturated heterocycles. The summed E-state index contributed by atoms with van der Waals surface area (Å²) in [7, 11) is 4.00. The Bertz CT molecular complexity index is 499. The molecular formula is C17H26N2O3. The van der Waals surface area contributed by atoms with Gasteiger partial charge in [-0.05, 0) is 57.5 Å². The minimum Gasteiger partial charge on any atom is -0.490 e. The van der Waals surface area contributed by atoms with Crippen LogP contribution in [0.25, 0.3) is 0 Å². The molecule has 0 aromatic heterocycles. The zero-order chi connectivity index (χ0) is 15.9. The number of aryl methyl sites for hydroxylation is 1. The summed E-state index contributed by atoms with van der Waals surface area (Å²) in [5.41, 5.74) is 1.80. The van der Waals surface area contributed by atoms with E-state index in [1.807, 2.05) is 39.2 Å². The molecular weight excluding hydrogens is 280 g/mol. The lowest BCUT2D eigenvalue weighted by atomic mass is 10.2. The molecule has 1 aromatic rings. The number of carbonyl (C=O) groups excluding carboxylic acids is 1. The predicted molar refractivity (Wildman–Crippen MR) is 87.4 cm³/mol. The van der Waals surface area contributed by atoms with E-state index in [4.69, 9.17) is 9.47 Å². The SMILES string of the molecule is Cc1ccc(NC(=O)COCC2CC2)c(OCCN(C)C)c1. The van der Waals surface area contributed by atoms with Gasteiger partial charge < -0.3 is 19.7 Å². The average molecular weight is 306 g/mol. The molecule has 0 aliphatic heterocycles. The minimum atomic E-state index is -0.137. The van der Waals surface area contributed by atoms with Gasteiger partial charge in [0.15, 0.2) is 0 Å². The Morgan fingerprint density at radius 3 is 2.82 bits per heavy atom. The smallest absolute Gasteiger partial charge is 0.250 e. The molecule has 1 fully saturated rings. The van der Waals surface area contributed by atoms with Gasteiger partial charge >= 0.3 is 0 Å². The monoisotopic (exact) mass is 306 g/mol. The quantitative estimate of drug-likeness (QED) is 0.760. The summed E-state index contributed by atoms with van der Waals surface area (Å²) in [5, 5.41) is 2.87. The van der Waals surface area contributed by atoms with Crippen LogP contribution in [0.2, 0.25) is 0 Å². The van der Waals surface area contributed by atoms with Crippen molar-refractivity contribution >= 4 is 11.6 Å². The van der Waals surface area contributed by atoms with Crippen molar-refractivity contribution in [3.63, 3.8) is 0 Å². The number of hydrogen-bond acceptors (Lipinski definition) is 4. The number of rotatable bonds is 9. The fourth-order valence-corrected chi connectivity index (χ4v) is 1.98. The topological polar surface area (TPSA) is 50.8 Å². The zero-order valence-corrected chi connectivity index (χ0v) is 13.7. The van der Waals surface area contributed by atoms with Crippen molar-refractivity contribution in [1.82, 2.24) is 4.90 Å². The number of anilines is 1. The summed E-state index contributed by atoms with van der Waals surface area (Å²) >= 11 is 0. The van der Waals surface area contributed by atoms with E-state index >= 15 is 0 Å². The molecule has 1 saturated carbocycles. The largest absolute Gasteiger partial charge is 0.490 e. The summed E-state index contributed by atoms with van der Waals surface area (Å²) < 4.78 is 11.2. The second-order valence-corrected chi connectivity index (χ2v) is 6.16. The fourth-order valence-electron chi connectivity index (χ4n) is 1.98. The maximum atomic E-state index is 11.9. The molecule has 0 radical (unpaired) electrons.